The summed E-state index contributed by atoms with van der Waals surface area (Å²) in [7, 11) is 0. The molecule has 0 aliphatic carbocycles. The first-order valence-corrected chi connectivity index (χ1v) is 5.72. The minimum Gasteiger partial charge on any atom is -0.377 e. The van der Waals surface area contributed by atoms with Crippen LogP contribution >= 0.6 is 0 Å². The minimum absolute atomic E-state index is 0.0170. The number of benzene rings is 1. The van der Waals surface area contributed by atoms with Gasteiger partial charge in [-0.05, 0) is 25.1 Å². The second kappa shape index (κ2) is 5.61. The molecule has 1 aromatic rings. The Bertz CT molecular complexity index is 494. The summed E-state index contributed by atoms with van der Waals surface area (Å²) in [5.74, 6) is -1.47. The van der Waals surface area contributed by atoms with Gasteiger partial charge in [-0.2, -0.15) is 5.26 Å². The molecule has 0 bridgehead atoms. The van der Waals surface area contributed by atoms with E-state index in [4.69, 9.17) is 5.26 Å². The third kappa shape index (κ3) is 2.84. The zero-order chi connectivity index (χ0) is 13.0. The van der Waals surface area contributed by atoms with Crippen LogP contribution < -0.4 is 10.6 Å². The van der Waals surface area contributed by atoms with Crippen molar-refractivity contribution in [2.45, 2.75) is 6.42 Å². The number of nitrogens with zero attached hydrogens (tertiary/aromatic N) is 1. The van der Waals surface area contributed by atoms with Gasteiger partial charge < -0.3 is 10.6 Å². The molecule has 2 rings (SSSR count). The van der Waals surface area contributed by atoms with Gasteiger partial charge in [0.15, 0.2) is 11.6 Å². The van der Waals surface area contributed by atoms with Gasteiger partial charge in [0.05, 0.1) is 11.6 Å². The van der Waals surface area contributed by atoms with Crippen LogP contribution in [0.25, 0.3) is 0 Å². The van der Waals surface area contributed by atoms with Crippen LogP contribution in [0.1, 0.15) is 12.0 Å². The van der Waals surface area contributed by atoms with E-state index in [9.17, 15) is 8.78 Å². The van der Waals surface area contributed by atoms with Crippen molar-refractivity contribution in [3.8, 4) is 6.07 Å². The first-order valence-electron chi connectivity index (χ1n) is 5.72. The van der Waals surface area contributed by atoms with Gasteiger partial charge in [-0.1, -0.05) is 11.6 Å². The predicted molar refractivity (Wildman–Crippen MR) is 65.1 cm³/mol. The Hall–Kier alpha value is -1.93. The lowest BCUT2D eigenvalue weighted by molar-refractivity contribution is 0.587. The molecule has 3 nitrogen and oxygen atoms in total. The largest absolute Gasteiger partial charge is 0.377 e. The molecule has 5 heteroatoms. The maximum Gasteiger partial charge on any atom is 0.150 e. The van der Waals surface area contributed by atoms with Crippen molar-refractivity contribution in [3.05, 3.63) is 41.0 Å². The molecule has 1 heterocycles. The van der Waals surface area contributed by atoms with E-state index < -0.39 is 11.6 Å². The SMILES string of the molecule is N#Cc1cc(F)c(NCC2=CCNCC2)c(F)c1. The average molecular weight is 249 g/mol. The second-order valence-electron chi connectivity index (χ2n) is 4.10. The topological polar surface area (TPSA) is 47.9 Å². The lowest BCUT2D eigenvalue weighted by Crippen LogP contribution is -2.23. The van der Waals surface area contributed by atoms with E-state index in [0.717, 1.165) is 37.2 Å². The molecule has 2 N–H and O–H groups in total. The molecule has 18 heavy (non-hydrogen) atoms. The van der Waals surface area contributed by atoms with Gasteiger partial charge in [0.1, 0.15) is 5.69 Å². The van der Waals surface area contributed by atoms with Crippen LogP contribution in [0, 0.1) is 23.0 Å². The highest BCUT2D eigenvalue weighted by Gasteiger charge is 2.11. The molecule has 0 atom stereocenters. The van der Waals surface area contributed by atoms with Gasteiger partial charge in [-0.25, -0.2) is 8.78 Å². The summed E-state index contributed by atoms with van der Waals surface area (Å²) in [6.07, 6.45) is 2.88. The van der Waals surface area contributed by atoms with Crippen molar-refractivity contribution in [2.24, 2.45) is 0 Å². The predicted octanol–water partition coefficient (Wildman–Crippen LogP) is 2.17. The van der Waals surface area contributed by atoms with Crippen LogP contribution in [-0.4, -0.2) is 19.6 Å². The third-order valence-corrected chi connectivity index (χ3v) is 2.82. The zero-order valence-electron chi connectivity index (χ0n) is 9.76. The van der Waals surface area contributed by atoms with Crippen molar-refractivity contribution in [3.63, 3.8) is 0 Å². The van der Waals surface area contributed by atoms with Crippen LogP contribution in [0.4, 0.5) is 14.5 Å². The molecule has 0 saturated carbocycles. The number of nitriles is 1. The summed E-state index contributed by atoms with van der Waals surface area (Å²) in [5, 5.41) is 14.5. The molecular formula is C13H13F2N3. The molecule has 0 spiro atoms. The van der Waals surface area contributed by atoms with Crippen molar-refractivity contribution in [1.29, 1.82) is 5.26 Å². The standard InChI is InChI=1S/C13H13F2N3/c14-11-5-10(7-16)6-12(15)13(11)18-8-9-1-3-17-4-2-9/h1,5-6,17-18H,2-4,8H2. The fourth-order valence-corrected chi connectivity index (χ4v) is 1.84. The summed E-state index contributed by atoms with van der Waals surface area (Å²) in [6, 6.07) is 3.77. The van der Waals surface area contributed by atoms with Crippen LogP contribution in [0.5, 0.6) is 0 Å². The summed E-state index contributed by atoms with van der Waals surface area (Å²) >= 11 is 0. The average Bonchev–Trinajstić information content (AvgIpc) is 2.38. The molecule has 94 valence electrons. The van der Waals surface area contributed by atoms with Gasteiger partial charge in [-0.3, -0.25) is 0 Å². The van der Waals surface area contributed by atoms with E-state index in [0.29, 0.717) is 6.54 Å². The Morgan fingerprint density at radius 1 is 1.33 bits per heavy atom. The molecule has 1 aliphatic rings. The molecule has 0 amide bonds. The van der Waals surface area contributed by atoms with Crippen molar-refractivity contribution < 1.29 is 8.78 Å². The van der Waals surface area contributed by atoms with Crippen molar-refractivity contribution in [2.75, 3.05) is 25.0 Å². The minimum atomic E-state index is -0.735. The Morgan fingerprint density at radius 3 is 2.61 bits per heavy atom. The van der Waals surface area contributed by atoms with E-state index in [1.165, 1.54) is 0 Å². The summed E-state index contributed by atoms with van der Waals surface area (Å²) < 4.78 is 27.1. The first-order chi connectivity index (χ1) is 8.70. The summed E-state index contributed by atoms with van der Waals surface area (Å²) in [6.45, 7) is 2.09. The quantitative estimate of drug-likeness (QED) is 0.807. The maximum atomic E-state index is 13.6. The summed E-state index contributed by atoms with van der Waals surface area (Å²) in [4.78, 5) is 0. The fourth-order valence-electron chi connectivity index (χ4n) is 1.84. The van der Waals surface area contributed by atoms with E-state index in [2.05, 4.69) is 10.6 Å². The molecule has 0 saturated heterocycles. The highest BCUT2D eigenvalue weighted by atomic mass is 19.1. The van der Waals surface area contributed by atoms with Crippen LogP contribution in [-0.2, 0) is 0 Å². The molecular weight excluding hydrogens is 236 g/mol. The number of hydrogen-bond acceptors (Lipinski definition) is 3. The molecule has 0 aromatic heterocycles. The van der Waals surface area contributed by atoms with E-state index in [-0.39, 0.29) is 11.3 Å². The molecule has 1 aliphatic heterocycles. The smallest absolute Gasteiger partial charge is 0.150 e. The zero-order valence-corrected chi connectivity index (χ0v) is 9.76. The molecule has 0 fully saturated rings. The first kappa shape index (κ1) is 12.5. The van der Waals surface area contributed by atoms with E-state index >= 15 is 0 Å². The highest BCUT2D eigenvalue weighted by molar-refractivity contribution is 5.51. The monoisotopic (exact) mass is 249 g/mol. The number of anilines is 1. The van der Waals surface area contributed by atoms with Gasteiger partial charge in [0.25, 0.3) is 0 Å². The van der Waals surface area contributed by atoms with Crippen LogP contribution in [0.15, 0.2) is 23.8 Å². The van der Waals surface area contributed by atoms with Crippen LogP contribution in [0.2, 0.25) is 0 Å². The Kier molecular flexibility index (Phi) is 3.90. The number of rotatable bonds is 3. The lowest BCUT2D eigenvalue weighted by Gasteiger charge is -2.16. The van der Waals surface area contributed by atoms with Gasteiger partial charge in [0, 0.05) is 13.1 Å². The number of nitrogens with one attached hydrogen (secondary N) is 2. The Balaban J connectivity index is 2.10. The molecule has 0 radical (unpaired) electrons. The van der Waals surface area contributed by atoms with Crippen molar-refractivity contribution >= 4 is 5.69 Å². The third-order valence-electron chi connectivity index (χ3n) is 2.82. The molecule has 1 aromatic carbocycles. The van der Waals surface area contributed by atoms with Crippen molar-refractivity contribution in [1.82, 2.24) is 5.32 Å². The van der Waals surface area contributed by atoms with E-state index in [1.54, 1.807) is 6.07 Å². The van der Waals surface area contributed by atoms with Crippen LogP contribution in [0.3, 0.4) is 0 Å². The highest BCUT2D eigenvalue weighted by Crippen LogP contribution is 2.21. The number of halogens is 2. The normalized spacial score (nSPS) is 14.8. The van der Waals surface area contributed by atoms with Gasteiger partial charge in [0.2, 0.25) is 0 Å². The maximum absolute atomic E-state index is 13.6. The van der Waals surface area contributed by atoms with Gasteiger partial charge >= 0.3 is 0 Å². The Morgan fingerprint density at radius 2 is 2.06 bits per heavy atom. The Labute approximate surface area is 104 Å². The fraction of sp³-hybridized carbons (Fsp3) is 0.308. The lowest BCUT2D eigenvalue weighted by atomic mass is 10.1. The van der Waals surface area contributed by atoms with Gasteiger partial charge in [-0.15, -0.1) is 0 Å². The summed E-state index contributed by atoms with van der Waals surface area (Å²) in [5.41, 5.74) is 0.932. The van der Waals surface area contributed by atoms with E-state index in [1.807, 2.05) is 6.08 Å². The number of hydrogen-bond donors (Lipinski definition) is 2. The second-order valence-corrected chi connectivity index (χ2v) is 4.10. The molecule has 0 unspecified atom stereocenters.